The lowest BCUT2D eigenvalue weighted by Gasteiger charge is -2.13. The van der Waals surface area contributed by atoms with Gasteiger partial charge in [-0.05, 0) is 42.7 Å². The number of benzene rings is 2. The number of fused-ring (bicyclic) bond motifs is 2. The molecule has 6 rings (SSSR count). The molecule has 40 heavy (non-hydrogen) atoms. The largest absolute Gasteiger partial charge is 0.546 e. The first-order valence-electron chi connectivity index (χ1n) is 13.5. The number of ether oxygens (including phenoxy) is 5. The minimum atomic E-state index is -1.32. The van der Waals surface area contributed by atoms with Crippen molar-refractivity contribution in [1.82, 2.24) is 5.32 Å². The van der Waals surface area contributed by atoms with Crippen LogP contribution in [0.5, 0.6) is 17.2 Å². The number of hydrogen-bond donors (Lipinski definition) is 2. The van der Waals surface area contributed by atoms with E-state index in [0.29, 0.717) is 57.1 Å². The van der Waals surface area contributed by atoms with Gasteiger partial charge in [0.1, 0.15) is 23.7 Å². The van der Waals surface area contributed by atoms with Crippen LogP contribution in [0.25, 0.3) is 22.1 Å². The van der Waals surface area contributed by atoms with Crippen LogP contribution in [0.4, 0.5) is 0 Å². The molecule has 216 valence electrons. The molecule has 0 spiro atoms. The van der Waals surface area contributed by atoms with E-state index in [4.69, 9.17) is 28.1 Å². The number of carbonyl (C=O) groups excluding carboxylic acids is 1. The van der Waals surface area contributed by atoms with Gasteiger partial charge in [-0.3, -0.25) is 4.79 Å². The van der Waals surface area contributed by atoms with Crippen LogP contribution in [-0.4, -0.2) is 72.0 Å². The Bertz CT molecular complexity index is 1310. The van der Waals surface area contributed by atoms with Crippen LogP contribution >= 0.6 is 0 Å². The van der Waals surface area contributed by atoms with Crippen LogP contribution in [0.3, 0.4) is 0 Å². The van der Waals surface area contributed by atoms with E-state index in [9.17, 15) is 14.7 Å². The van der Waals surface area contributed by atoms with E-state index < -0.39 is 12.6 Å². The third kappa shape index (κ3) is 7.72. The predicted octanol–water partition coefficient (Wildman–Crippen LogP) is 0.374. The standard InChI is InChI=1S/C21H18O7.2C4H9NO/c1-3-12-6-14-17(8-16(12)25-9-19(22)23)28-11(2)20(21(14)24)13-4-5-15-18(7-13)27-10-26-15;2*1-3-6-4-2-5-1/h4-8H,3,9-10H2,1-2H3,(H,22,23);2*5H,1-4H2. The van der Waals surface area contributed by atoms with Crippen molar-refractivity contribution in [3.05, 3.63) is 51.9 Å². The fraction of sp³-hybridized carbons (Fsp3) is 0.448. The Kier molecular flexibility index (Phi) is 10.8. The smallest absolute Gasteiger partial charge is 0.231 e. The van der Waals surface area contributed by atoms with Gasteiger partial charge in [-0.2, -0.15) is 0 Å². The molecule has 0 radical (unpaired) electrons. The Labute approximate surface area is 232 Å². The number of carboxylic acid groups (broad SMARTS) is 1. The first-order valence-corrected chi connectivity index (χ1v) is 13.5. The summed E-state index contributed by atoms with van der Waals surface area (Å²) in [5.74, 6) is 0.688. The van der Waals surface area contributed by atoms with Crippen molar-refractivity contribution >= 4 is 16.9 Å². The molecule has 0 atom stereocenters. The van der Waals surface area contributed by atoms with Crippen molar-refractivity contribution in [2.45, 2.75) is 20.3 Å². The van der Waals surface area contributed by atoms with Gasteiger partial charge in [0.05, 0.1) is 56.4 Å². The lowest BCUT2D eigenvalue weighted by Crippen LogP contribution is -2.87. The first-order chi connectivity index (χ1) is 19.5. The fourth-order valence-electron chi connectivity index (χ4n) is 4.41. The average molecular weight is 557 g/mol. The number of aryl methyl sites for hydroxylation is 2. The van der Waals surface area contributed by atoms with Crippen molar-refractivity contribution in [3.8, 4) is 28.4 Å². The van der Waals surface area contributed by atoms with Gasteiger partial charge in [0.15, 0.2) is 11.5 Å². The Morgan fingerprint density at radius 3 is 2.33 bits per heavy atom. The number of carboxylic acids is 1. The number of rotatable bonds is 5. The molecule has 0 saturated carbocycles. The molecule has 2 fully saturated rings. The number of hydrogen-bond acceptors (Lipinski definition) is 10. The summed E-state index contributed by atoms with van der Waals surface area (Å²) in [5.41, 5.74) is 1.97. The predicted molar refractivity (Wildman–Crippen MR) is 145 cm³/mol. The summed E-state index contributed by atoms with van der Waals surface area (Å²) >= 11 is 0. The number of morpholine rings is 2. The van der Waals surface area contributed by atoms with E-state index >= 15 is 0 Å². The maximum Gasteiger partial charge on any atom is 0.231 e. The zero-order chi connectivity index (χ0) is 28.3. The summed E-state index contributed by atoms with van der Waals surface area (Å²) in [5, 5.41) is 16.5. The molecule has 11 nitrogen and oxygen atoms in total. The summed E-state index contributed by atoms with van der Waals surface area (Å²) < 4.78 is 31.9. The summed E-state index contributed by atoms with van der Waals surface area (Å²) in [6.45, 7) is 11.2. The highest BCUT2D eigenvalue weighted by Crippen LogP contribution is 2.37. The van der Waals surface area contributed by atoms with Gasteiger partial charge >= 0.3 is 0 Å². The van der Waals surface area contributed by atoms with E-state index in [1.54, 1.807) is 37.3 Å². The molecule has 2 saturated heterocycles. The highest BCUT2D eigenvalue weighted by atomic mass is 16.7. The van der Waals surface area contributed by atoms with Gasteiger partial charge in [-0.25, -0.2) is 0 Å². The molecule has 3 aliphatic heterocycles. The SMILES string of the molecule is C1COCCN1.C1COCC[NH2+]1.CCc1cc2c(=O)c(-c3ccc4c(c3)OCO4)c(C)oc2cc1OCC(=O)[O-]. The molecule has 3 N–H and O–H groups in total. The fourth-order valence-corrected chi connectivity index (χ4v) is 4.41. The topological polar surface area (TPSA) is 145 Å². The molecule has 0 aliphatic carbocycles. The molecule has 11 heteroatoms. The van der Waals surface area contributed by atoms with E-state index in [-0.39, 0.29) is 12.2 Å². The highest BCUT2D eigenvalue weighted by Gasteiger charge is 2.19. The number of nitrogens with two attached hydrogens (primary N) is 1. The zero-order valence-corrected chi connectivity index (χ0v) is 22.9. The van der Waals surface area contributed by atoms with Gasteiger partial charge in [0.2, 0.25) is 12.2 Å². The minimum absolute atomic E-state index is 0.151. The zero-order valence-electron chi connectivity index (χ0n) is 22.9. The number of carbonyl (C=O) groups is 1. The van der Waals surface area contributed by atoms with Gasteiger partial charge in [0, 0.05) is 19.2 Å². The van der Waals surface area contributed by atoms with Crippen LogP contribution in [0.15, 0.2) is 39.5 Å². The molecule has 0 amide bonds. The van der Waals surface area contributed by atoms with Crippen molar-refractivity contribution in [2.24, 2.45) is 0 Å². The second-order valence-corrected chi connectivity index (χ2v) is 9.24. The Morgan fingerprint density at radius 1 is 1.02 bits per heavy atom. The van der Waals surface area contributed by atoms with E-state index in [0.717, 1.165) is 52.6 Å². The summed E-state index contributed by atoms with van der Waals surface area (Å²) in [6.07, 6.45) is 0.561. The molecular weight excluding hydrogens is 520 g/mol. The molecule has 1 aromatic heterocycles. The van der Waals surface area contributed by atoms with Crippen molar-refractivity contribution in [1.29, 1.82) is 0 Å². The van der Waals surface area contributed by atoms with E-state index in [1.807, 2.05) is 6.92 Å². The summed E-state index contributed by atoms with van der Waals surface area (Å²) in [6, 6.07) is 8.54. The third-order valence-electron chi connectivity index (χ3n) is 6.42. The van der Waals surface area contributed by atoms with E-state index in [2.05, 4.69) is 10.6 Å². The van der Waals surface area contributed by atoms with Crippen LogP contribution in [0.2, 0.25) is 0 Å². The second kappa shape index (κ2) is 14.7. The van der Waals surface area contributed by atoms with Gasteiger partial charge in [0.25, 0.3) is 0 Å². The molecule has 4 heterocycles. The van der Waals surface area contributed by atoms with Gasteiger partial charge in [-0.1, -0.05) is 13.0 Å². The van der Waals surface area contributed by atoms with E-state index in [1.165, 1.54) is 0 Å². The highest BCUT2D eigenvalue weighted by molar-refractivity contribution is 5.85. The molecule has 3 aromatic rings. The molecule has 0 unspecified atom stereocenters. The summed E-state index contributed by atoms with van der Waals surface area (Å²) in [4.78, 5) is 23.9. The lowest BCUT2D eigenvalue weighted by atomic mass is 10.0. The maximum atomic E-state index is 13.2. The van der Waals surface area contributed by atoms with Crippen LogP contribution < -0.4 is 35.4 Å². The van der Waals surface area contributed by atoms with Crippen LogP contribution in [0, 0.1) is 6.92 Å². The number of nitrogens with one attached hydrogen (secondary N) is 1. The van der Waals surface area contributed by atoms with Crippen molar-refractivity contribution < 1.29 is 43.3 Å². The first kappa shape index (κ1) is 29.3. The lowest BCUT2D eigenvalue weighted by molar-refractivity contribution is -0.670. The molecule has 3 aliphatic rings. The normalized spacial score (nSPS) is 15.8. The third-order valence-corrected chi connectivity index (χ3v) is 6.42. The quantitative estimate of drug-likeness (QED) is 0.452. The van der Waals surface area contributed by atoms with Crippen molar-refractivity contribution in [3.63, 3.8) is 0 Å². The Balaban J connectivity index is 0.000000253. The maximum absolute atomic E-state index is 13.2. The second-order valence-electron chi connectivity index (χ2n) is 9.24. The Morgan fingerprint density at radius 2 is 1.75 bits per heavy atom. The van der Waals surface area contributed by atoms with Gasteiger partial charge < -0.3 is 48.6 Å². The molecule has 2 aromatic carbocycles. The number of aliphatic carboxylic acids is 1. The average Bonchev–Trinajstić information content (AvgIpc) is 3.46. The van der Waals surface area contributed by atoms with Crippen LogP contribution in [-0.2, 0) is 20.7 Å². The monoisotopic (exact) mass is 556 g/mol. The Hall–Kier alpha value is -3.64. The molecule has 0 bridgehead atoms. The molecular formula is C29H36N2O9. The number of quaternary nitrogens is 1. The van der Waals surface area contributed by atoms with Gasteiger partial charge in [-0.15, -0.1) is 0 Å². The van der Waals surface area contributed by atoms with Crippen molar-refractivity contribution in [2.75, 3.05) is 66.0 Å². The minimum Gasteiger partial charge on any atom is -0.546 e. The van der Waals surface area contributed by atoms with Crippen LogP contribution in [0.1, 0.15) is 18.2 Å². The summed E-state index contributed by atoms with van der Waals surface area (Å²) in [7, 11) is 0.